The number of carbonyl (C=O) groups is 1. The Hall–Kier alpha value is -2.35. The predicted molar refractivity (Wildman–Crippen MR) is 67.9 cm³/mol. The third-order valence-electron chi connectivity index (χ3n) is 3.12. The molecule has 0 unspecified atom stereocenters. The number of hydrogen-bond donors (Lipinski definition) is 1. The number of aromatic nitrogens is 2. The highest BCUT2D eigenvalue weighted by Crippen LogP contribution is 2.19. The van der Waals surface area contributed by atoms with Crippen molar-refractivity contribution in [3.05, 3.63) is 35.7 Å². The summed E-state index contributed by atoms with van der Waals surface area (Å²) in [7, 11) is 0. The van der Waals surface area contributed by atoms with E-state index in [2.05, 4.69) is 15.5 Å². The highest BCUT2D eigenvalue weighted by molar-refractivity contribution is 5.78. The van der Waals surface area contributed by atoms with E-state index < -0.39 is 11.6 Å². The van der Waals surface area contributed by atoms with Gasteiger partial charge < -0.3 is 9.84 Å². The first-order chi connectivity index (χ1) is 10.1. The third kappa shape index (κ3) is 3.05. The first-order valence-electron chi connectivity index (χ1n) is 6.39. The molecule has 1 amide bonds. The van der Waals surface area contributed by atoms with Crippen LogP contribution in [0, 0.1) is 11.6 Å². The van der Waals surface area contributed by atoms with Crippen molar-refractivity contribution >= 4 is 5.91 Å². The normalized spacial score (nSPS) is 16.0. The zero-order chi connectivity index (χ0) is 14.8. The Morgan fingerprint density at radius 3 is 2.95 bits per heavy atom. The van der Waals surface area contributed by atoms with Gasteiger partial charge in [0.15, 0.2) is 11.6 Å². The van der Waals surface area contributed by atoms with Crippen LogP contribution in [0.25, 0.3) is 11.4 Å². The molecule has 0 bridgehead atoms. The number of rotatable bonds is 3. The van der Waals surface area contributed by atoms with Gasteiger partial charge in [-0.05, 0) is 18.2 Å². The summed E-state index contributed by atoms with van der Waals surface area (Å²) >= 11 is 0. The fourth-order valence-electron chi connectivity index (χ4n) is 2.09. The first kappa shape index (κ1) is 13.6. The molecule has 1 aliphatic heterocycles. The van der Waals surface area contributed by atoms with Gasteiger partial charge in [0.1, 0.15) is 0 Å². The summed E-state index contributed by atoms with van der Waals surface area (Å²) in [4.78, 5) is 17.3. The highest BCUT2D eigenvalue weighted by atomic mass is 19.2. The van der Waals surface area contributed by atoms with Gasteiger partial charge in [-0.3, -0.25) is 9.69 Å². The van der Waals surface area contributed by atoms with E-state index in [-0.39, 0.29) is 18.3 Å². The molecule has 3 rings (SSSR count). The molecule has 2 heterocycles. The lowest BCUT2D eigenvalue weighted by molar-refractivity contribution is -0.124. The molecular weight excluding hydrogens is 282 g/mol. The van der Waals surface area contributed by atoms with Crippen molar-refractivity contribution in [1.29, 1.82) is 0 Å². The van der Waals surface area contributed by atoms with Crippen LogP contribution in [0.2, 0.25) is 0 Å². The average Bonchev–Trinajstić information content (AvgIpc) is 2.90. The van der Waals surface area contributed by atoms with Crippen LogP contribution in [0.15, 0.2) is 22.7 Å². The van der Waals surface area contributed by atoms with E-state index in [1.165, 1.54) is 6.07 Å². The van der Waals surface area contributed by atoms with Crippen LogP contribution >= 0.6 is 0 Å². The summed E-state index contributed by atoms with van der Waals surface area (Å²) in [5, 5.41) is 6.46. The quantitative estimate of drug-likeness (QED) is 0.912. The lowest BCUT2D eigenvalue weighted by Crippen LogP contribution is -2.47. The predicted octanol–water partition coefficient (Wildman–Crippen LogP) is 0.947. The average molecular weight is 294 g/mol. The van der Waals surface area contributed by atoms with E-state index in [9.17, 15) is 13.6 Å². The standard InChI is InChI=1S/C13H12F2N4O2/c14-9-2-1-8(5-10(9)15)13-17-12(21-18-13)7-19-4-3-16-11(20)6-19/h1-2,5H,3-4,6-7H2,(H,16,20). The first-order valence-corrected chi connectivity index (χ1v) is 6.39. The summed E-state index contributed by atoms with van der Waals surface area (Å²) in [5.74, 6) is -1.44. The maximum absolute atomic E-state index is 13.2. The largest absolute Gasteiger partial charge is 0.354 e. The molecule has 21 heavy (non-hydrogen) atoms. The zero-order valence-corrected chi connectivity index (χ0v) is 11.0. The molecule has 0 atom stereocenters. The molecule has 1 aromatic heterocycles. The Morgan fingerprint density at radius 1 is 1.33 bits per heavy atom. The van der Waals surface area contributed by atoms with Crippen LogP contribution in [0.4, 0.5) is 8.78 Å². The van der Waals surface area contributed by atoms with Crippen molar-refractivity contribution < 1.29 is 18.1 Å². The lowest BCUT2D eigenvalue weighted by Gasteiger charge is -2.24. The van der Waals surface area contributed by atoms with Gasteiger partial charge in [0.2, 0.25) is 17.6 Å². The van der Waals surface area contributed by atoms with Crippen LogP contribution in [0.5, 0.6) is 0 Å². The molecule has 1 saturated heterocycles. The molecule has 1 aliphatic rings. The van der Waals surface area contributed by atoms with Gasteiger partial charge in [0, 0.05) is 18.7 Å². The van der Waals surface area contributed by atoms with Gasteiger partial charge in [0.05, 0.1) is 13.1 Å². The number of benzene rings is 1. The summed E-state index contributed by atoms with van der Waals surface area (Å²) in [6.45, 7) is 1.87. The number of carbonyl (C=O) groups excluding carboxylic acids is 1. The van der Waals surface area contributed by atoms with Crippen molar-refractivity contribution in [3.63, 3.8) is 0 Å². The van der Waals surface area contributed by atoms with Gasteiger partial charge in [-0.25, -0.2) is 8.78 Å². The van der Waals surface area contributed by atoms with Gasteiger partial charge in [-0.1, -0.05) is 5.16 Å². The topological polar surface area (TPSA) is 71.3 Å². The van der Waals surface area contributed by atoms with Crippen molar-refractivity contribution in [2.24, 2.45) is 0 Å². The van der Waals surface area contributed by atoms with E-state index in [4.69, 9.17) is 4.52 Å². The lowest BCUT2D eigenvalue weighted by atomic mass is 10.2. The third-order valence-corrected chi connectivity index (χ3v) is 3.12. The molecule has 6 nitrogen and oxygen atoms in total. The van der Waals surface area contributed by atoms with E-state index in [0.29, 0.717) is 31.1 Å². The molecule has 2 aromatic rings. The fraction of sp³-hybridized carbons (Fsp3) is 0.308. The number of hydrogen-bond acceptors (Lipinski definition) is 5. The Bertz CT molecular complexity index is 674. The minimum atomic E-state index is -0.966. The van der Waals surface area contributed by atoms with E-state index >= 15 is 0 Å². The molecule has 0 radical (unpaired) electrons. The molecular formula is C13H12F2N4O2. The summed E-state index contributed by atoms with van der Waals surface area (Å²) in [6.07, 6.45) is 0. The molecule has 8 heteroatoms. The number of halogens is 2. The molecule has 110 valence electrons. The maximum atomic E-state index is 13.2. The second kappa shape index (κ2) is 5.57. The molecule has 0 aliphatic carbocycles. The molecule has 1 aromatic carbocycles. The second-order valence-electron chi connectivity index (χ2n) is 4.70. The maximum Gasteiger partial charge on any atom is 0.241 e. The van der Waals surface area contributed by atoms with Crippen molar-refractivity contribution in [3.8, 4) is 11.4 Å². The number of amides is 1. The Morgan fingerprint density at radius 2 is 2.19 bits per heavy atom. The van der Waals surface area contributed by atoms with Crippen LogP contribution in [0.1, 0.15) is 5.89 Å². The van der Waals surface area contributed by atoms with Crippen molar-refractivity contribution in [2.45, 2.75) is 6.54 Å². The molecule has 0 saturated carbocycles. The van der Waals surface area contributed by atoms with Gasteiger partial charge in [-0.15, -0.1) is 0 Å². The Labute approximate surface area is 118 Å². The molecule has 1 fully saturated rings. The molecule has 0 spiro atoms. The van der Waals surface area contributed by atoms with Crippen LogP contribution in [-0.2, 0) is 11.3 Å². The van der Waals surface area contributed by atoms with E-state index in [1.54, 1.807) is 0 Å². The van der Waals surface area contributed by atoms with Gasteiger partial charge in [0.25, 0.3) is 0 Å². The van der Waals surface area contributed by atoms with Gasteiger partial charge in [-0.2, -0.15) is 4.98 Å². The number of piperazine rings is 1. The van der Waals surface area contributed by atoms with E-state index in [1.807, 2.05) is 4.90 Å². The van der Waals surface area contributed by atoms with Crippen molar-refractivity contribution in [2.75, 3.05) is 19.6 Å². The summed E-state index contributed by atoms with van der Waals surface area (Å²) in [6, 6.07) is 3.40. The van der Waals surface area contributed by atoms with Crippen LogP contribution in [-0.4, -0.2) is 40.6 Å². The monoisotopic (exact) mass is 294 g/mol. The smallest absolute Gasteiger partial charge is 0.241 e. The second-order valence-corrected chi connectivity index (χ2v) is 4.70. The number of nitrogens with one attached hydrogen (secondary N) is 1. The SMILES string of the molecule is O=C1CN(Cc2nc(-c3ccc(F)c(F)c3)no2)CCN1. The van der Waals surface area contributed by atoms with Crippen LogP contribution < -0.4 is 5.32 Å². The Kier molecular flexibility index (Phi) is 3.61. The summed E-state index contributed by atoms with van der Waals surface area (Å²) < 4.78 is 31.1. The fourth-order valence-corrected chi connectivity index (χ4v) is 2.09. The van der Waals surface area contributed by atoms with Gasteiger partial charge >= 0.3 is 0 Å². The number of nitrogens with zero attached hydrogens (tertiary/aromatic N) is 3. The zero-order valence-electron chi connectivity index (χ0n) is 11.0. The Balaban J connectivity index is 1.73. The summed E-state index contributed by atoms with van der Waals surface area (Å²) in [5.41, 5.74) is 0.334. The van der Waals surface area contributed by atoms with Crippen LogP contribution in [0.3, 0.4) is 0 Å². The minimum absolute atomic E-state index is 0.0541. The van der Waals surface area contributed by atoms with E-state index in [0.717, 1.165) is 12.1 Å². The van der Waals surface area contributed by atoms with Crippen molar-refractivity contribution in [1.82, 2.24) is 20.4 Å². The minimum Gasteiger partial charge on any atom is -0.354 e. The highest BCUT2D eigenvalue weighted by Gasteiger charge is 2.19. The molecule has 1 N–H and O–H groups in total.